The van der Waals surface area contributed by atoms with E-state index in [1.807, 2.05) is 0 Å². The number of hydrogen-bond acceptors (Lipinski definition) is 7. The number of thioether (sulfide) groups is 1. The third kappa shape index (κ3) is 3.92. The molecule has 0 aliphatic carbocycles. The first-order valence-corrected chi connectivity index (χ1v) is 6.72. The molecule has 0 unspecified atom stereocenters. The average Bonchev–Trinajstić information content (AvgIpc) is 2.43. The fourth-order valence-electron chi connectivity index (χ4n) is 1.37. The number of rotatable bonds is 6. The molecule has 8 nitrogen and oxygen atoms in total. The number of carbonyl (C=O) groups excluding carboxylic acids is 1. The Hall–Kier alpha value is -2.16. The van der Waals surface area contributed by atoms with Crippen LogP contribution in [-0.4, -0.2) is 27.8 Å². The van der Waals surface area contributed by atoms with Gasteiger partial charge in [-0.1, -0.05) is 18.7 Å². The molecule has 1 aromatic rings. The van der Waals surface area contributed by atoms with Crippen LogP contribution in [0.25, 0.3) is 0 Å². The second-order valence-corrected chi connectivity index (χ2v) is 4.71. The van der Waals surface area contributed by atoms with Gasteiger partial charge in [-0.15, -0.1) is 0 Å². The summed E-state index contributed by atoms with van der Waals surface area (Å²) in [6, 6.07) is 3.10. The number of nitrogens with zero attached hydrogens (tertiary/aromatic N) is 2. The summed E-state index contributed by atoms with van der Waals surface area (Å²) in [7, 11) is 0. The largest absolute Gasteiger partial charge is 0.486 e. The Balaban J connectivity index is 2.92. The molecule has 1 aromatic carbocycles. The van der Waals surface area contributed by atoms with Crippen molar-refractivity contribution in [2.75, 3.05) is 12.9 Å². The Labute approximate surface area is 118 Å². The minimum absolute atomic E-state index is 0.0294. The van der Waals surface area contributed by atoms with Gasteiger partial charge in [-0.05, 0) is 12.3 Å². The lowest BCUT2D eigenvalue weighted by molar-refractivity contribution is -0.394. The zero-order valence-corrected chi connectivity index (χ0v) is 11.6. The highest BCUT2D eigenvalue weighted by Crippen LogP contribution is 2.31. The molecule has 0 N–H and O–H groups in total. The molecule has 108 valence electrons. The summed E-state index contributed by atoms with van der Waals surface area (Å²) >= 11 is 1.04. The Bertz CT molecular complexity index is 548. The van der Waals surface area contributed by atoms with Crippen molar-refractivity contribution in [3.63, 3.8) is 0 Å². The predicted molar refractivity (Wildman–Crippen MR) is 72.9 cm³/mol. The van der Waals surface area contributed by atoms with Crippen LogP contribution in [0.2, 0.25) is 0 Å². The number of benzene rings is 1. The molecule has 20 heavy (non-hydrogen) atoms. The van der Waals surface area contributed by atoms with Crippen molar-refractivity contribution in [1.29, 1.82) is 0 Å². The van der Waals surface area contributed by atoms with Gasteiger partial charge in [0, 0.05) is 6.07 Å². The van der Waals surface area contributed by atoms with Crippen molar-refractivity contribution in [1.82, 2.24) is 0 Å². The van der Waals surface area contributed by atoms with Crippen molar-refractivity contribution >= 4 is 28.3 Å². The quantitative estimate of drug-likeness (QED) is 0.585. The van der Waals surface area contributed by atoms with Crippen LogP contribution in [-0.2, 0) is 4.79 Å². The van der Waals surface area contributed by atoms with Crippen LogP contribution in [0.4, 0.5) is 11.4 Å². The maximum atomic E-state index is 11.4. The summed E-state index contributed by atoms with van der Waals surface area (Å²) in [5.41, 5.74) is -0.889. The number of carbonyl (C=O) groups is 1. The van der Waals surface area contributed by atoms with Gasteiger partial charge in [0.15, 0.2) is 10.9 Å². The van der Waals surface area contributed by atoms with Gasteiger partial charge in [-0.25, -0.2) is 0 Å². The van der Waals surface area contributed by atoms with E-state index in [1.165, 1.54) is 0 Å². The fraction of sp³-hybridized carbons (Fsp3) is 0.364. The summed E-state index contributed by atoms with van der Waals surface area (Å²) in [6.45, 7) is 1.61. The molecular weight excluding hydrogens is 288 g/mol. The molecule has 0 saturated carbocycles. The molecule has 0 saturated heterocycles. The molecule has 0 fully saturated rings. The van der Waals surface area contributed by atoms with Gasteiger partial charge >= 0.3 is 5.69 Å². The molecule has 9 heteroatoms. The summed E-state index contributed by atoms with van der Waals surface area (Å²) in [5.74, 6) is -0.527. The van der Waals surface area contributed by atoms with Crippen molar-refractivity contribution in [3.05, 3.63) is 38.4 Å². The summed E-state index contributed by atoms with van der Waals surface area (Å²) < 4.78 is 5.22. The minimum Gasteiger partial charge on any atom is -0.486 e. The van der Waals surface area contributed by atoms with E-state index in [0.29, 0.717) is 0 Å². The molecule has 0 spiro atoms. The number of hydrogen-bond donors (Lipinski definition) is 0. The number of ether oxygens (including phenoxy) is 1. The minimum atomic E-state index is -0.761. The molecule has 0 aliphatic rings. The lowest BCUT2D eigenvalue weighted by atomic mass is 10.2. The van der Waals surface area contributed by atoms with Crippen molar-refractivity contribution < 1.29 is 19.4 Å². The lowest BCUT2D eigenvalue weighted by Gasteiger charge is -2.10. The van der Waals surface area contributed by atoms with Crippen LogP contribution in [0.15, 0.2) is 18.2 Å². The highest BCUT2D eigenvalue weighted by atomic mass is 32.2. The second-order valence-electron chi connectivity index (χ2n) is 3.90. The Kier molecular flexibility index (Phi) is 5.44. The van der Waals surface area contributed by atoms with E-state index in [-0.39, 0.29) is 17.5 Å². The first-order chi connectivity index (χ1) is 9.36. The zero-order valence-electron chi connectivity index (χ0n) is 10.8. The summed E-state index contributed by atoms with van der Waals surface area (Å²) in [6.07, 6.45) is 1.63. The van der Waals surface area contributed by atoms with Crippen LogP contribution in [0.3, 0.4) is 0 Å². The molecule has 1 atom stereocenters. The molecule has 0 aliphatic heterocycles. The third-order valence-corrected chi connectivity index (χ3v) is 3.25. The zero-order chi connectivity index (χ0) is 15.3. The Morgan fingerprint density at radius 2 is 2.00 bits per heavy atom. The molecule has 0 aromatic heterocycles. The Morgan fingerprint density at radius 1 is 1.35 bits per heavy atom. The maximum Gasteiger partial charge on any atom is 0.317 e. The number of nitro benzene ring substituents is 2. The smallest absolute Gasteiger partial charge is 0.317 e. The van der Waals surface area contributed by atoms with Gasteiger partial charge in [0.05, 0.1) is 28.4 Å². The molecule has 0 bridgehead atoms. The van der Waals surface area contributed by atoms with Crippen LogP contribution in [0, 0.1) is 26.1 Å². The van der Waals surface area contributed by atoms with E-state index in [9.17, 15) is 25.0 Å². The van der Waals surface area contributed by atoms with E-state index in [1.54, 1.807) is 13.2 Å². The summed E-state index contributed by atoms with van der Waals surface area (Å²) in [4.78, 5) is 31.3. The third-order valence-electron chi connectivity index (χ3n) is 2.44. The normalized spacial score (nSPS) is 11.7. The monoisotopic (exact) mass is 300 g/mol. The number of nitro groups is 2. The van der Waals surface area contributed by atoms with Crippen LogP contribution >= 0.6 is 11.8 Å². The predicted octanol–water partition coefficient (Wildman–Crippen LogP) is 2.41. The van der Waals surface area contributed by atoms with E-state index in [4.69, 9.17) is 4.74 Å². The van der Waals surface area contributed by atoms with E-state index < -0.39 is 27.1 Å². The van der Waals surface area contributed by atoms with E-state index >= 15 is 0 Å². The first kappa shape index (κ1) is 15.9. The standard InChI is InChI=1S/C11H12N2O6S/c1-7(11(14)20-2)6-19-10-4-3-8(12(15)16)5-9(10)13(17)18/h3-5,7H,6H2,1-2H3/t7-/m1/s1. The fourth-order valence-corrected chi connectivity index (χ4v) is 1.84. The van der Waals surface area contributed by atoms with Crippen LogP contribution in [0.1, 0.15) is 6.92 Å². The molecule has 0 radical (unpaired) electrons. The average molecular weight is 300 g/mol. The first-order valence-electron chi connectivity index (χ1n) is 5.50. The van der Waals surface area contributed by atoms with Gasteiger partial charge in [0.2, 0.25) is 0 Å². The van der Waals surface area contributed by atoms with Crippen LogP contribution in [0.5, 0.6) is 5.75 Å². The molecule has 0 amide bonds. The summed E-state index contributed by atoms with van der Waals surface area (Å²) in [5, 5.41) is 21.3. The van der Waals surface area contributed by atoms with E-state index in [0.717, 1.165) is 30.0 Å². The molecular formula is C11H12N2O6S. The van der Waals surface area contributed by atoms with Crippen LogP contribution < -0.4 is 4.74 Å². The highest BCUT2D eigenvalue weighted by molar-refractivity contribution is 8.13. The molecule has 0 heterocycles. The Morgan fingerprint density at radius 3 is 2.50 bits per heavy atom. The second kappa shape index (κ2) is 6.85. The van der Waals surface area contributed by atoms with Gasteiger partial charge in [-0.3, -0.25) is 25.0 Å². The van der Waals surface area contributed by atoms with E-state index in [2.05, 4.69) is 0 Å². The lowest BCUT2D eigenvalue weighted by Crippen LogP contribution is -2.16. The highest BCUT2D eigenvalue weighted by Gasteiger charge is 2.22. The van der Waals surface area contributed by atoms with Gasteiger partial charge in [0.25, 0.3) is 5.69 Å². The van der Waals surface area contributed by atoms with Gasteiger partial charge in [-0.2, -0.15) is 0 Å². The van der Waals surface area contributed by atoms with Crippen molar-refractivity contribution in [3.8, 4) is 5.75 Å². The number of non-ortho nitro benzene ring substituents is 1. The maximum absolute atomic E-state index is 11.4. The van der Waals surface area contributed by atoms with Crippen molar-refractivity contribution in [2.45, 2.75) is 6.92 Å². The van der Waals surface area contributed by atoms with Gasteiger partial charge < -0.3 is 4.74 Å². The molecule has 1 rings (SSSR count). The topological polar surface area (TPSA) is 113 Å². The van der Waals surface area contributed by atoms with Crippen molar-refractivity contribution in [2.24, 2.45) is 5.92 Å². The SMILES string of the molecule is CSC(=O)[C@H](C)COc1ccc([N+](=O)[O-])cc1[N+](=O)[O-]. The van der Waals surface area contributed by atoms with Gasteiger partial charge in [0.1, 0.15) is 0 Å².